The predicted molar refractivity (Wildman–Crippen MR) is 110 cm³/mol. The van der Waals surface area contributed by atoms with Crippen LogP contribution in [0.5, 0.6) is 23.0 Å². The van der Waals surface area contributed by atoms with Crippen LogP contribution in [0.25, 0.3) is 0 Å². The van der Waals surface area contributed by atoms with Crippen molar-refractivity contribution in [3.05, 3.63) is 82.9 Å². The molecule has 1 aliphatic heterocycles. The van der Waals surface area contributed by atoms with Gasteiger partial charge in [-0.1, -0.05) is 36.4 Å². The molecule has 0 saturated carbocycles. The van der Waals surface area contributed by atoms with Gasteiger partial charge in [0.15, 0.2) is 11.5 Å². The molecule has 1 unspecified atom stereocenters. The minimum Gasteiger partial charge on any atom is -0.507 e. The number of hydrogen-bond donors (Lipinski definition) is 1. The van der Waals surface area contributed by atoms with Crippen LogP contribution < -0.4 is 14.2 Å². The van der Waals surface area contributed by atoms with Gasteiger partial charge in [0.25, 0.3) is 0 Å². The molecule has 0 bridgehead atoms. The van der Waals surface area contributed by atoms with Gasteiger partial charge in [-0.05, 0) is 35.4 Å². The van der Waals surface area contributed by atoms with Gasteiger partial charge >= 0.3 is 5.97 Å². The Labute approximate surface area is 174 Å². The molecule has 6 nitrogen and oxygen atoms in total. The van der Waals surface area contributed by atoms with E-state index < -0.39 is 5.97 Å². The molecule has 0 aromatic heterocycles. The highest BCUT2D eigenvalue weighted by molar-refractivity contribution is 5.95. The second-order valence-electron chi connectivity index (χ2n) is 6.92. The summed E-state index contributed by atoms with van der Waals surface area (Å²) in [6.45, 7) is 0.434. The predicted octanol–water partition coefficient (Wildman–Crippen LogP) is 4.44. The Hall–Kier alpha value is -3.67. The molecule has 1 aliphatic rings. The molecule has 4 rings (SSSR count). The number of ether oxygens (including phenoxy) is 4. The van der Waals surface area contributed by atoms with Gasteiger partial charge in [-0.3, -0.25) is 0 Å². The zero-order valence-corrected chi connectivity index (χ0v) is 16.8. The first kappa shape index (κ1) is 19.6. The quantitative estimate of drug-likeness (QED) is 0.610. The average Bonchev–Trinajstić information content (AvgIpc) is 3.22. The molecule has 154 valence electrons. The van der Waals surface area contributed by atoms with Crippen LogP contribution in [0.1, 0.15) is 33.2 Å². The van der Waals surface area contributed by atoms with E-state index in [1.165, 1.54) is 13.2 Å². The van der Waals surface area contributed by atoms with E-state index in [1.54, 1.807) is 13.2 Å². The molecule has 1 atom stereocenters. The first-order chi connectivity index (χ1) is 14.6. The van der Waals surface area contributed by atoms with Crippen molar-refractivity contribution in [3.8, 4) is 23.0 Å². The second-order valence-corrected chi connectivity index (χ2v) is 6.92. The highest BCUT2D eigenvalue weighted by Gasteiger charge is 2.31. The highest BCUT2D eigenvalue weighted by atomic mass is 16.5. The fourth-order valence-electron chi connectivity index (χ4n) is 3.56. The van der Waals surface area contributed by atoms with Gasteiger partial charge in [0.2, 0.25) is 0 Å². The molecule has 3 aromatic carbocycles. The maximum Gasteiger partial charge on any atom is 0.342 e. The Balaban J connectivity index is 1.55. The van der Waals surface area contributed by atoms with E-state index >= 15 is 0 Å². The molecule has 0 aliphatic carbocycles. The number of hydrogen-bond acceptors (Lipinski definition) is 6. The Morgan fingerprint density at radius 1 is 1.07 bits per heavy atom. The first-order valence-electron chi connectivity index (χ1n) is 9.55. The molecule has 0 amide bonds. The van der Waals surface area contributed by atoms with E-state index in [9.17, 15) is 9.90 Å². The minimum absolute atomic E-state index is 0.118. The number of esters is 1. The van der Waals surface area contributed by atoms with Crippen molar-refractivity contribution in [2.45, 2.75) is 19.1 Å². The standard InChI is InChI=1S/C24H22O6/c1-27-22-12-16(8-10-20(22)29-14-15-6-4-3-5-7-15)21-13-17-19(30-21)11-9-18(25)23(17)24(26)28-2/h3-12,21,25H,13-14H2,1-2H3. The average molecular weight is 406 g/mol. The molecule has 0 fully saturated rings. The topological polar surface area (TPSA) is 74.2 Å². The van der Waals surface area contributed by atoms with Gasteiger partial charge in [0, 0.05) is 12.0 Å². The lowest BCUT2D eigenvalue weighted by atomic mass is 9.98. The third-order valence-electron chi connectivity index (χ3n) is 5.09. The number of phenols is 1. The zero-order valence-electron chi connectivity index (χ0n) is 16.8. The Kier molecular flexibility index (Phi) is 5.48. The first-order valence-corrected chi connectivity index (χ1v) is 9.55. The van der Waals surface area contributed by atoms with Crippen molar-refractivity contribution in [2.24, 2.45) is 0 Å². The molecular formula is C24H22O6. The lowest BCUT2D eigenvalue weighted by Gasteiger charge is -2.15. The number of aromatic hydroxyl groups is 1. The fraction of sp³-hybridized carbons (Fsp3) is 0.208. The number of rotatable bonds is 6. The Morgan fingerprint density at radius 3 is 2.60 bits per heavy atom. The van der Waals surface area contributed by atoms with Gasteiger partial charge in [0.05, 0.1) is 14.2 Å². The van der Waals surface area contributed by atoms with Gasteiger partial charge in [0.1, 0.15) is 29.8 Å². The monoisotopic (exact) mass is 406 g/mol. The summed E-state index contributed by atoms with van der Waals surface area (Å²) in [6, 6.07) is 18.6. The molecule has 0 spiro atoms. The Bertz CT molecular complexity index is 1060. The summed E-state index contributed by atoms with van der Waals surface area (Å²) in [4.78, 5) is 12.1. The van der Waals surface area contributed by atoms with Gasteiger partial charge in [-0.2, -0.15) is 0 Å². The number of carbonyl (C=O) groups is 1. The third kappa shape index (κ3) is 3.76. The Morgan fingerprint density at radius 2 is 1.87 bits per heavy atom. The summed E-state index contributed by atoms with van der Waals surface area (Å²) >= 11 is 0. The number of benzene rings is 3. The van der Waals surface area contributed by atoms with Crippen LogP contribution >= 0.6 is 0 Å². The maximum atomic E-state index is 12.1. The van der Waals surface area contributed by atoms with Gasteiger partial charge < -0.3 is 24.1 Å². The van der Waals surface area contributed by atoms with E-state index in [4.69, 9.17) is 18.9 Å². The zero-order chi connectivity index (χ0) is 21.1. The van der Waals surface area contributed by atoms with E-state index in [0.717, 1.165) is 11.1 Å². The molecular weight excluding hydrogens is 384 g/mol. The number of carbonyl (C=O) groups excluding carboxylic acids is 1. The van der Waals surface area contributed by atoms with Crippen molar-refractivity contribution in [2.75, 3.05) is 14.2 Å². The molecule has 1 heterocycles. The van der Waals surface area contributed by atoms with E-state index in [0.29, 0.717) is 35.8 Å². The smallest absolute Gasteiger partial charge is 0.342 e. The largest absolute Gasteiger partial charge is 0.507 e. The van der Waals surface area contributed by atoms with Crippen LogP contribution in [0.3, 0.4) is 0 Å². The number of phenolic OH excluding ortho intramolecular Hbond substituents is 1. The second kappa shape index (κ2) is 8.37. The van der Waals surface area contributed by atoms with E-state index in [2.05, 4.69) is 0 Å². The van der Waals surface area contributed by atoms with Gasteiger partial charge in [-0.25, -0.2) is 4.79 Å². The van der Waals surface area contributed by atoms with Gasteiger partial charge in [-0.15, -0.1) is 0 Å². The molecule has 0 radical (unpaired) electrons. The maximum absolute atomic E-state index is 12.1. The van der Waals surface area contributed by atoms with E-state index in [1.807, 2.05) is 48.5 Å². The summed E-state index contributed by atoms with van der Waals surface area (Å²) < 4.78 is 22.3. The summed E-state index contributed by atoms with van der Waals surface area (Å²) in [7, 11) is 2.87. The van der Waals surface area contributed by atoms with Crippen molar-refractivity contribution < 1.29 is 28.8 Å². The van der Waals surface area contributed by atoms with Crippen molar-refractivity contribution in [3.63, 3.8) is 0 Å². The van der Waals surface area contributed by atoms with E-state index in [-0.39, 0.29) is 17.4 Å². The minimum atomic E-state index is -0.587. The summed E-state index contributed by atoms with van der Waals surface area (Å²) in [5, 5.41) is 10.1. The summed E-state index contributed by atoms with van der Waals surface area (Å²) in [6.07, 6.45) is 0.115. The molecule has 3 aromatic rings. The van der Waals surface area contributed by atoms with Crippen LogP contribution in [-0.4, -0.2) is 25.3 Å². The normalized spacial score (nSPS) is 14.5. The van der Waals surface area contributed by atoms with Crippen molar-refractivity contribution in [1.29, 1.82) is 0 Å². The summed E-state index contributed by atoms with van der Waals surface area (Å²) in [5.41, 5.74) is 2.72. The van der Waals surface area contributed by atoms with Crippen LogP contribution in [-0.2, 0) is 17.8 Å². The fourth-order valence-corrected chi connectivity index (χ4v) is 3.56. The summed E-state index contributed by atoms with van der Waals surface area (Å²) in [5.74, 6) is 1.08. The molecule has 0 saturated heterocycles. The van der Waals surface area contributed by atoms with Crippen molar-refractivity contribution in [1.82, 2.24) is 0 Å². The molecule has 30 heavy (non-hydrogen) atoms. The van der Waals surface area contributed by atoms with Crippen LogP contribution in [0.2, 0.25) is 0 Å². The molecule has 6 heteroatoms. The van der Waals surface area contributed by atoms with Crippen LogP contribution in [0.4, 0.5) is 0 Å². The van der Waals surface area contributed by atoms with Crippen molar-refractivity contribution >= 4 is 5.97 Å². The van der Waals surface area contributed by atoms with Crippen LogP contribution in [0, 0.1) is 0 Å². The lowest BCUT2D eigenvalue weighted by molar-refractivity contribution is 0.0596. The number of methoxy groups -OCH3 is 2. The van der Waals surface area contributed by atoms with Crippen LogP contribution in [0.15, 0.2) is 60.7 Å². The SMILES string of the molecule is COC(=O)c1c(O)ccc2c1CC(c1ccc(OCc3ccccc3)c(OC)c1)O2. The third-order valence-corrected chi connectivity index (χ3v) is 5.09. The number of fused-ring (bicyclic) bond motifs is 1. The highest BCUT2D eigenvalue weighted by Crippen LogP contribution is 2.43. The molecule has 1 N–H and O–H groups in total. The lowest BCUT2D eigenvalue weighted by Crippen LogP contribution is -2.07.